The van der Waals surface area contributed by atoms with E-state index in [-0.39, 0.29) is 57.8 Å². The fourth-order valence-corrected chi connectivity index (χ4v) is 0.876. The van der Waals surface area contributed by atoms with E-state index in [1.807, 2.05) is 76.2 Å². The molecule has 0 spiro atoms. The van der Waals surface area contributed by atoms with E-state index in [1.54, 1.807) is 0 Å². The number of rotatable bonds is 0. The Kier molecular flexibility index (Phi) is 50.3. The molecule has 0 saturated heterocycles. The van der Waals surface area contributed by atoms with Crippen LogP contribution in [0.15, 0.2) is 60.7 Å². The van der Waals surface area contributed by atoms with Crippen LogP contribution in [0.5, 0.6) is 0 Å². The van der Waals surface area contributed by atoms with Crippen LogP contribution in [0, 0.1) is 20.4 Å². The fraction of sp³-hybridized carbons (Fsp3) is 0.278. The number of aryl methyl sites for hydroxylation is 1. The topological polar surface area (TPSA) is 0 Å². The summed E-state index contributed by atoms with van der Waals surface area (Å²) in [5.74, 6) is 0. The standard InChI is InChI=1S/C7H8.C6H5.2C2H6.CH3.2Mg.H2.2H/c1-7-5-3-2-4-6-7;1-2-4-6-5-3-1;2*1-2;;;;;;/h2-6H,1H3;1-5H;2*1-2H3;1H3;;;1H;;/q;-1;;;-1;2*+2;;2*-1/i;;;;;;;1+1;;. The molecule has 0 unspecified atom stereocenters. The molecule has 0 aliphatic rings. The van der Waals surface area contributed by atoms with Gasteiger partial charge in [0, 0.05) is 1.43 Å². The van der Waals surface area contributed by atoms with Crippen molar-refractivity contribution < 1.29 is 4.28 Å². The molecule has 0 bridgehead atoms. The van der Waals surface area contributed by atoms with Crippen LogP contribution in [0.4, 0.5) is 0 Å². The van der Waals surface area contributed by atoms with Gasteiger partial charge in [0.15, 0.2) is 0 Å². The van der Waals surface area contributed by atoms with Crippen molar-refractivity contribution >= 4 is 46.1 Å². The van der Waals surface area contributed by atoms with Crippen molar-refractivity contribution in [2.24, 2.45) is 0 Å². The predicted octanol–water partition coefficient (Wildman–Crippen LogP) is 5.69. The first kappa shape index (κ1) is 32.1. The van der Waals surface area contributed by atoms with Crippen molar-refractivity contribution in [2.45, 2.75) is 34.6 Å². The van der Waals surface area contributed by atoms with Gasteiger partial charge in [0.25, 0.3) is 0 Å². The molecule has 0 aliphatic heterocycles. The zero-order valence-corrected chi connectivity index (χ0v) is 17.0. The Bertz CT molecular complexity index is 293. The molecule has 108 valence electrons. The van der Waals surface area contributed by atoms with Gasteiger partial charge in [-0.25, -0.2) is 0 Å². The summed E-state index contributed by atoms with van der Waals surface area (Å²) in [4.78, 5) is 0. The SMILES string of the molecule is CC.CC.Cc1ccccc1.[2HH].[CH3-].[H-].[H-].[Mg+2].[Mg+2].[c-]1ccccc1. The third-order valence-electron chi connectivity index (χ3n) is 1.55. The summed E-state index contributed by atoms with van der Waals surface area (Å²) in [5, 5.41) is 0. The monoisotopic (exact) mass is 297 g/mol. The molecule has 0 radical (unpaired) electrons. The van der Waals surface area contributed by atoms with Gasteiger partial charge in [0.2, 0.25) is 0 Å². The van der Waals surface area contributed by atoms with E-state index in [0.717, 1.165) is 0 Å². The second-order valence-electron chi connectivity index (χ2n) is 2.73. The molecule has 0 fully saturated rings. The molecule has 0 nitrogen and oxygen atoms in total. The quantitative estimate of drug-likeness (QED) is 0.432. The third kappa shape index (κ3) is 26.5. The van der Waals surface area contributed by atoms with E-state index in [2.05, 4.69) is 25.1 Å². The maximum atomic E-state index is 2.89. The minimum Gasteiger partial charge on any atom is -1.00 e. The predicted molar refractivity (Wildman–Crippen MR) is 101 cm³/mol. The van der Waals surface area contributed by atoms with Gasteiger partial charge in [-0.1, -0.05) is 63.6 Å². The molecule has 20 heavy (non-hydrogen) atoms. The van der Waals surface area contributed by atoms with Gasteiger partial charge in [-0.15, -0.1) is 0 Å². The Balaban J connectivity index is -0.0000000221. The Labute approximate surface area is 164 Å². The second-order valence-corrected chi connectivity index (χ2v) is 2.73. The van der Waals surface area contributed by atoms with Crippen LogP contribution in [0.2, 0.25) is 0 Å². The third-order valence-corrected chi connectivity index (χ3v) is 1.55. The van der Waals surface area contributed by atoms with E-state index in [4.69, 9.17) is 0 Å². The molecule has 0 saturated carbocycles. The first-order valence-electron chi connectivity index (χ1n) is 6.32. The number of hydrogen-bond acceptors (Lipinski definition) is 0. The van der Waals surface area contributed by atoms with Crippen LogP contribution in [0.25, 0.3) is 0 Å². The smallest absolute Gasteiger partial charge is 1.00 e. The Morgan fingerprint density at radius 1 is 0.750 bits per heavy atom. The minimum absolute atomic E-state index is 0. The van der Waals surface area contributed by atoms with Crippen molar-refractivity contribution in [2.75, 3.05) is 0 Å². The van der Waals surface area contributed by atoms with Gasteiger partial charge in [-0.2, -0.15) is 36.4 Å². The van der Waals surface area contributed by atoms with Crippen molar-refractivity contribution in [1.82, 2.24) is 0 Å². The van der Waals surface area contributed by atoms with Gasteiger partial charge in [-0.3, -0.25) is 0 Å². The normalized spacial score (nSPS) is 6.05. The van der Waals surface area contributed by atoms with Crippen molar-refractivity contribution in [1.29, 1.82) is 0 Å². The Morgan fingerprint density at radius 3 is 1.25 bits per heavy atom. The number of benzene rings is 2. The van der Waals surface area contributed by atoms with E-state index < -0.39 is 0 Å². The van der Waals surface area contributed by atoms with Gasteiger partial charge >= 0.3 is 46.1 Å². The first-order valence-corrected chi connectivity index (χ1v) is 6.32. The minimum atomic E-state index is 0. The van der Waals surface area contributed by atoms with Gasteiger partial charge in [-0.05, 0) is 6.92 Å². The van der Waals surface area contributed by atoms with E-state index in [9.17, 15) is 0 Å². The molecule has 0 heterocycles. The molecule has 0 aromatic heterocycles. The summed E-state index contributed by atoms with van der Waals surface area (Å²) in [5.41, 5.74) is 1.32. The van der Waals surface area contributed by atoms with Crippen LogP contribution in [0.1, 0.15) is 37.5 Å². The van der Waals surface area contributed by atoms with E-state index in [0.29, 0.717) is 0 Å². The second kappa shape index (κ2) is 31.4. The Morgan fingerprint density at radius 2 is 1.10 bits per heavy atom. The molecule has 2 heteroatoms. The van der Waals surface area contributed by atoms with E-state index >= 15 is 0 Å². The molecule has 0 amide bonds. The van der Waals surface area contributed by atoms with Gasteiger partial charge < -0.3 is 10.3 Å². The van der Waals surface area contributed by atoms with Crippen LogP contribution in [0.3, 0.4) is 0 Å². The summed E-state index contributed by atoms with van der Waals surface area (Å²) >= 11 is 0. The fourth-order valence-electron chi connectivity index (χ4n) is 0.876. The molecular formula is C18H32Mg2. The van der Waals surface area contributed by atoms with Crippen LogP contribution < -0.4 is 0 Å². The summed E-state index contributed by atoms with van der Waals surface area (Å²) < 4.78 is 0. The summed E-state index contributed by atoms with van der Waals surface area (Å²) in [6.45, 7) is 10.1. The first-order chi connectivity index (χ1) is 8.39. The zero-order valence-electron chi connectivity index (χ0n) is 16.2. The van der Waals surface area contributed by atoms with Crippen LogP contribution in [-0.4, -0.2) is 46.1 Å². The summed E-state index contributed by atoms with van der Waals surface area (Å²) in [6.07, 6.45) is 0. The molecule has 2 aromatic rings. The molecule has 2 aromatic carbocycles. The molecule has 0 N–H and O–H groups in total. The number of hydrogen-bond donors (Lipinski definition) is 0. The average molecular weight is 298 g/mol. The summed E-state index contributed by atoms with van der Waals surface area (Å²) in [6, 6.07) is 22.8. The molecule has 2 rings (SSSR count). The van der Waals surface area contributed by atoms with Crippen molar-refractivity contribution in [3.8, 4) is 0 Å². The maximum Gasteiger partial charge on any atom is 2.00 e. The Hall–Kier alpha value is -0.0275. The van der Waals surface area contributed by atoms with Crippen LogP contribution >= 0.6 is 0 Å². The molecule has 0 aliphatic carbocycles. The van der Waals surface area contributed by atoms with E-state index in [1.165, 1.54) is 5.56 Å². The zero-order chi connectivity index (χ0) is 13.4. The van der Waals surface area contributed by atoms with Gasteiger partial charge in [0.1, 0.15) is 0 Å². The average Bonchev–Trinajstić information content (AvgIpc) is 2.47. The summed E-state index contributed by atoms with van der Waals surface area (Å²) in [7, 11) is 0. The molecule has 0 atom stereocenters. The largest absolute Gasteiger partial charge is 2.00 e. The maximum absolute atomic E-state index is 2.89. The molecular weight excluding hydrogens is 265 g/mol. The van der Waals surface area contributed by atoms with Crippen LogP contribution in [-0.2, 0) is 0 Å². The van der Waals surface area contributed by atoms with Crippen molar-refractivity contribution in [3.05, 3.63) is 79.7 Å². The van der Waals surface area contributed by atoms with Crippen molar-refractivity contribution in [3.63, 3.8) is 0 Å². The van der Waals surface area contributed by atoms with Gasteiger partial charge in [0.05, 0.1) is 0 Å².